The number of carbonyl (C=O) groups excluding carboxylic acids is 2. The van der Waals surface area contributed by atoms with Crippen molar-refractivity contribution in [1.82, 2.24) is 19.5 Å². The first-order valence-corrected chi connectivity index (χ1v) is 11.4. The van der Waals surface area contributed by atoms with E-state index in [0.717, 1.165) is 41.1 Å². The van der Waals surface area contributed by atoms with Gasteiger partial charge in [-0.1, -0.05) is 32.4 Å². The molecule has 4 heterocycles. The summed E-state index contributed by atoms with van der Waals surface area (Å²) in [7, 11) is 0. The van der Waals surface area contributed by atoms with Gasteiger partial charge in [0, 0.05) is 41.5 Å². The Hall–Kier alpha value is -2.93. The van der Waals surface area contributed by atoms with Crippen molar-refractivity contribution in [2.24, 2.45) is 11.3 Å². The van der Waals surface area contributed by atoms with Crippen LogP contribution in [0.3, 0.4) is 0 Å². The summed E-state index contributed by atoms with van der Waals surface area (Å²) in [6, 6.07) is 7.87. The fourth-order valence-electron chi connectivity index (χ4n) is 4.72. The van der Waals surface area contributed by atoms with E-state index in [4.69, 9.17) is 11.6 Å². The van der Waals surface area contributed by atoms with Gasteiger partial charge in [0.1, 0.15) is 6.33 Å². The van der Waals surface area contributed by atoms with E-state index < -0.39 is 5.41 Å². The molecule has 2 saturated heterocycles. The van der Waals surface area contributed by atoms with Gasteiger partial charge in [-0.15, -0.1) is 0 Å². The van der Waals surface area contributed by atoms with E-state index >= 15 is 0 Å². The number of rotatable bonds is 4. The molecule has 0 saturated carbocycles. The molecule has 7 nitrogen and oxygen atoms in total. The Balaban J connectivity index is 1.55. The monoisotopic (exact) mass is 451 g/mol. The van der Waals surface area contributed by atoms with Crippen LogP contribution in [0.4, 0.5) is 5.69 Å². The van der Waals surface area contributed by atoms with Crippen LogP contribution >= 0.6 is 11.6 Å². The highest BCUT2D eigenvalue weighted by atomic mass is 35.5. The lowest BCUT2D eigenvalue weighted by atomic mass is 9.82. The average molecular weight is 452 g/mol. The van der Waals surface area contributed by atoms with Gasteiger partial charge in [-0.25, -0.2) is 9.50 Å². The van der Waals surface area contributed by atoms with Gasteiger partial charge in [0.05, 0.1) is 23.2 Å². The maximum atomic E-state index is 12.8. The molecule has 0 spiro atoms. The highest BCUT2D eigenvalue weighted by molar-refractivity contribution is 6.31. The largest absolute Gasteiger partial charge is 0.371 e. The van der Waals surface area contributed by atoms with E-state index in [1.165, 1.54) is 24.1 Å². The zero-order valence-corrected chi connectivity index (χ0v) is 19.3. The van der Waals surface area contributed by atoms with Crippen molar-refractivity contribution in [3.05, 3.63) is 47.4 Å². The molecule has 2 aliphatic rings. The molecule has 5 rings (SSSR count). The second-order valence-electron chi connectivity index (χ2n) is 9.32. The van der Waals surface area contributed by atoms with Gasteiger partial charge in [0.25, 0.3) is 0 Å². The van der Waals surface area contributed by atoms with Crippen LogP contribution in [0.2, 0.25) is 5.02 Å². The van der Waals surface area contributed by atoms with Gasteiger partial charge in [-0.05, 0) is 42.7 Å². The molecule has 2 aromatic heterocycles. The fraction of sp³-hybridized carbons (Fsp3) is 0.417. The number of imide groups is 1. The predicted molar refractivity (Wildman–Crippen MR) is 123 cm³/mol. The molecule has 3 aromatic rings. The summed E-state index contributed by atoms with van der Waals surface area (Å²) < 4.78 is 1.76. The molecule has 0 aliphatic carbocycles. The second kappa shape index (κ2) is 7.59. The molecule has 1 aromatic carbocycles. The molecule has 2 fully saturated rings. The van der Waals surface area contributed by atoms with Crippen LogP contribution in [0, 0.1) is 11.3 Å². The number of carbonyl (C=O) groups is 2. The lowest BCUT2D eigenvalue weighted by molar-refractivity contribution is -0.141. The Morgan fingerprint density at radius 1 is 1.16 bits per heavy atom. The van der Waals surface area contributed by atoms with Gasteiger partial charge in [-0.2, -0.15) is 5.10 Å². The number of aromatic nitrogens is 3. The van der Waals surface area contributed by atoms with E-state index in [0.29, 0.717) is 5.02 Å². The minimum Gasteiger partial charge on any atom is -0.371 e. The van der Waals surface area contributed by atoms with Crippen molar-refractivity contribution >= 4 is 34.6 Å². The summed E-state index contributed by atoms with van der Waals surface area (Å²) in [5.74, 6) is -0.604. The number of likely N-dealkylation sites (tertiary alicyclic amines) is 1. The van der Waals surface area contributed by atoms with E-state index in [1.807, 2.05) is 45.2 Å². The van der Waals surface area contributed by atoms with Crippen LogP contribution in [0.25, 0.3) is 16.8 Å². The second-order valence-corrected chi connectivity index (χ2v) is 9.75. The number of amides is 2. The minimum absolute atomic E-state index is 0.132. The number of hydrogen-bond donors (Lipinski definition) is 0. The molecule has 0 radical (unpaired) electrons. The summed E-state index contributed by atoms with van der Waals surface area (Å²) in [4.78, 5) is 33.9. The van der Waals surface area contributed by atoms with Crippen LogP contribution in [-0.2, 0) is 16.1 Å². The number of anilines is 1. The molecular weight excluding hydrogens is 426 g/mol. The first kappa shape index (κ1) is 20.9. The standard InChI is InChI=1S/C24H26ClN5O2/c1-15-22(31)29(23(32)24(15,2)3)12-16-10-20-21(26-14-27-30(20)13-16)18-11-17(25)6-7-19(18)28-8-4-5-9-28/h6-7,10-11,13-15H,4-5,8-9,12H2,1-3H3. The van der Waals surface area contributed by atoms with Crippen LogP contribution in [0.1, 0.15) is 39.2 Å². The molecule has 8 heteroatoms. The number of fused-ring (bicyclic) bond motifs is 1. The predicted octanol–water partition coefficient (Wildman–Crippen LogP) is 4.18. The lowest BCUT2D eigenvalue weighted by Gasteiger charge is -2.21. The highest BCUT2D eigenvalue weighted by Crippen LogP contribution is 2.39. The first-order valence-electron chi connectivity index (χ1n) is 11.0. The third kappa shape index (κ3) is 3.26. The lowest BCUT2D eigenvalue weighted by Crippen LogP contribution is -2.32. The topological polar surface area (TPSA) is 70.8 Å². The quantitative estimate of drug-likeness (QED) is 0.556. The normalized spacial score (nSPS) is 20.7. The maximum absolute atomic E-state index is 12.8. The van der Waals surface area contributed by atoms with Crippen LogP contribution < -0.4 is 4.90 Å². The van der Waals surface area contributed by atoms with Crippen molar-refractivity contribution < 1.29 is 9.59 Å². The van der Waals surface area contributed by atoms with Gasteiger partial charge in [0.2, 0.25) is 11.8 Å². The first-order chi connectivity index (χ1) is 15.3. The molecule has 166 valence electrons. The van der Waals surface area contributed by atoms with Crippen LogP contribution in [0.15, 0.2) is 36.8 Å². The molecule has 0 bridgehead atoms. The van der Waals surface area contributed by atoms with Crippen molar-refractivity contribution in [3.8, 4) is 11.3 Å². The molecule has 1 atom stereocenters. The third-order valence-corrected chi connectivity index (χ3v) is 7.21. The van der Waals surface area contributed by atoms with Crippen molar-refractivity contribution in [3.63, 3.8) is 0 Å². The maximum Gasteiger partial charge on any atom is 0.235 e. The van der Waals surface area contributed by atoms with E-state index in [2.05, 4.69) is 21.0 Å². The summed E-state index contributed by atoms with van der Waals surface area (Å²) in [5.41, 5.74) is 3.81. The average Bonchev–Trinajstić information content (AvgIpc) is 3.47. The van der Waals surface area contributed by atoms with Gasteiger partial charge < -0.3 is 4.90 Å². The smallest absolute Gasteiger partial charge is 0.235 e. The Bertz CT molecular complexity index is 1230. The Kier molecular flexibility index (Phi) is 4.97. The summed E-state index contributed by atoms with van der Waals surface area (Å²) in [5, 5.41) is 5.01. The molecular formula is C24H26ClN5O2. The summed E-state index contributed by atoms with van der Waals surface area (Å²) in [6.07, 6.45) is 5.72. The SMILES string of the molecule is CC1C(=O)N(Cc2cc3c(-c4cc(Cl)ccc4N4CCCC4)ncnn3c2)C(=O)C1(C)C. The fourth-order valence-corrected chi connectivity index (χ4v) is 4.89. The molecule has 2 aliphatic heterocycles. The zero-order valence-electron chi connectivity index (χ0n) is 18.5. The van der Waals surface area contributed by atoms with Crippen molar-refractivity contribution in [2.75, 3.05) is 18.0 Å². The zero-order chi connectivity index (χ0) is 22.6. The minimum atomic E-state index is -0.688. The van der Waals surface area contributed by atoms with Crippen LogP contribution in [0.5, 0.6) is 0 Å². The summed E-state index contributed by atoms with van der Waals surface area (Å²) in [6.45, 7) is 7.72. The number of halogens is 1. The highest BCUT2D eigenvalue weighted by Gasteiger charge is 2.50. The molecule has 32 heavy (non-hydrogen) atoms. The number of nitrogens with zero attached hydrogens (tertiary/aromatic N) is 5. The van der Waals surface area contributed by atoms with Crippen molar-refractivity contribution in [1.29, 1.82) is 0 Å². The Morgan fingerprint density at radius 3 is 2.59 bits per heavy atom. The Labute approximate surface area is 192 Å². The van der Waals surface area contributed by atoms with E-state index in [9.17, 15) is 9.59 Å². The molecule has 0 N–H and O–H groups in total. The molecule has 2 amide bonds. The van der Waals surface area contributed by atoms with Gasteiger partial charge in [-0.3, -0.25) is 14.5 Å². The third-order valence-electron chi connectivity index (χ3n) is 6.98. The van der Waals surface area contributed by atoms with Gasteiger partial charge >= 0.3 is 0 Å². The van der Waals surface area contributed by atoms with E-state index in [-0.39, 0.29) is 24.3 Å². The van der Waals surface area contributed by atoms with Crippen LogP contribution in [-0.4, -0.2) is 44.4 Å². The molecule has 1 unspecified atom stereocenters. The van der Waals surface area contributed by atoms with Crippen molar-refractivity contribution in [2.45, 2.75) is 40.2 Å². The Morgan fingerprint density at radius 2 is 1.91 bits per heavy atom. The number of benzene rings is 1. The van der Waals surface area contributed by atoms with E-state index in [1.54, 1.807) is 4.52 Å². The summed E-state index contributed by atoms with van der Waals surface area (Å²) >= 11 is 6.37. The number of hydrogen-bond acceptors (Lipinski definition) is 5. The van der Waals surface area contributed by atoms with Gasteiger partial charge in [0.15, 0.2) is 0 Å².